The molecule has 5 heterocycles. The van der Waals surface area contributed by atoms with E-state index < -0.39 is 50.2 Å². The van der Waals surface area contributed by atoms with E-state index in [4.69, 9.17) is 27.1 Å². The molecule has 502 valence electrons. The number of benzene rings is 5. The van der Waals surface area contributed by atoms with Gasteiger partial charge in [-0.2, -0.15) is 0 Å². The summed E-state index contributed by atoms with van der Waals surface area (Å²) in [6.45, 7) is 8.62. The van der Waals surface area contributed by atoms with Gasteiger partial charge in [-0.15, -0.1) is 12.6 Å². The summed E-state index contributed by atoms with van der Waals surface area (Å²) < 4.78 is 76.5. The van der Waals surface area contributed by atoms with Crippen LogP contribution in [0.2, 0.25) is 0 Å². The van der Waals surface area contributed by atoms with Gasteiger partial charge in [0.25, 0.3) is 0 Å². The minimum atomic E-state index is -3.64. The third-order valence-corrected chi connectivity index (χ3v) is 18.7. The number of hydrogen-bond acceptors (Lipinski definition) is 26. The van der Waals surface area contributed by atoms with E-state index in [9.17, 15) is 61.5 Å². The number of phenols is 1. The van der Waals surface area contributed by atoms with E-state index in [-0.39, 0.29) is 82.5 Å². The summed E-state index contributed by atoms with van der Waals surface area (Å²) in [5.74, 6) is -2.03. The van der Waals surface area contributed by atoms with Gasteiger partial charge in [0.2, 0.25) is 14.9 Å². The Morgan fingerprint density at radius 1 is 0.547 bits per heavy atom. The van der Waals surface area contributed by atoms with E-state index >= 15 is 0 Å². The van der Waals surface area contributed by atoms with E-state index in [0.29, 0.717) is 92.6 Å². The number of phenolic OH excluding ortho intramolecular Hbond substituents is 1. The van der Waals surface area contributed by atoms with E-state index in [2.05, 4.69) is 111 Å². The number of morpholine rings is 1. The lowest BCUT2D eigenvalue weighted by atomic mass is 10.1. The van der Waals surface area contributed by atoms with Crippen LogP contribution in [0.15, 0.2) is 159 Å². The fraction of sp³-hybridized carbons (Fsp3) is 0.238. The molecule has 9 aromatic rings. The van der Waals surface area contributed by atoms with Crippen molar-refractivity contribution in [3.05, 3.63) is 182 Å². The van der Waals surface area contributed by atoms with Gasteiger partial charge in [-0.25, -0.2) is 32.4 Å². The molecule has 0 bridgehead atoms. The zero-order valence-corrected chi connectivity index (χ0v) is 61.7. The molecule has 0 spiro atoms. The summed E-state index contributed by atoms with van der Waals surface area (Å²) in [6.07, 6.45) is 0.0786. The van der Waals surface area contributed by atoms with E-state index in [1.165, 1.54) is 128 Å². The Balaban J connectivity index is 0.000000189. The van der Waals surface area contributed by atoms with Crippen LogP contribution in [0.1, 0.15) is 89.8 Å². The van der Waals surface area contributed by atoms with Gasteiger partial charge >= 0.3 is 29.8 Å². The average Bonchev–Trinajstić information content (AvgIpc) is 0.805. The fourth-order valence-electron chi connectivity index (χ4n) is 8.53. The Hall–Kier alpha value is -7.43. The molecule has 1 aliphatic heterocycles. The van der Waals surface area contributed by atoms with Gasteiger partial charge in [-0.1, -0.05) is 25.6 Å². The predicted octanol–water partition coefficient (Wildman–Crippen LogP) is 12.9. The zero-order chi connectivity index (χ0) is 70.5. The van der Waals surface area contributed by atoms with Gasteiger partial charge in [0.15, 0.2) is 65.9 Å². The maximum absolute atomic E-state index is 12.4. The number of anilines is 1. The standard InChI is InChI=1S/C16H16BrNO5.C13H11BrO6S.C13H11BrO4S.C11H7BrO4S.C10H9BrO4/c1-9-8-18(3-4-22-9)14-7-13(19)11-5-10(16(20)21-2)6-12(17)15(11)23-14;1-3-21(17,18)11-6-10(15)8-4-7(13(16)19-2)5-9(14)12(8)20-11;1-3-19-11-6-10(15)8-4-7(13(16)17-2)5-9(14)12(8)18-11;1-15-11(14)5-2-6-8(13)4-9(17)16-10(6)7(12)3-5;1-5(12)7-3-6(10(14)15-2)4-8(11)9(7)13/h5-7,9H,3-4,8H2,1-2H3;4-6H,3H2,1-2H3;4-6H,3H2,1-2H3;2-4,17H,1H3;3-4,13H,1-2H3/t9-;;;;/m1..../s1. The van der Waals surface area contributed by atoms with E-state index in [1.807, 2.05) is 18.7 Å². The second-order valence-corrected chi connectivity index (χ2v) is 27.6. The SMILES string of the molecule is CCS(=O)(=O)c1cc(=O)c2cc(C(=O)OC)cc(Br)c2o1.CCSc1cc(=O)c2cc(C(=O)OC)cc(Br)c2o1.COC(=O)c1cc(Br)c(O)c(C(C)=O)c1.COC(=O)c1cc(Br)c2oc(N3CCO[C@H](C)C3)cc(=O)c2c1.COC(=O)c1cc(Br)c2oc(S)cc(=O)c2c1. The number of thioether (sulfide) groups is 1. The maximum Gasteiger partial charge on any atom is 0.337 e. The number of Topliss-reactive ketones (excluding diaryl/α,β-unsaturated/α-hetero) is 1. The van der Waals surface area contributed by atoms with Gasteiger partial charge in [0.1, 0.15) is 5.75 Å². The molecule has 1 aliphatic rings. The van der Waals surface area contributed by atoms with Crippen LogP contribution in [0.25, 0.3) is 43.9 Å². The average molecular weight is 1690 g/mol. The number of hydrogen-bond donors (Lipinski definition) is 2. The van der Waals surface area contributed by atoms with E-state index in [1.54, 1.807) is 12.1 Å². The molecule has 0 amide bonds. The second-order valence-electron chi connectivity index (χ2n) is 19.4. The Morgan fingerprint density at radius 3 is 1.34 bits per heavy atom. The van der Waals surface area contributed by atoms with Crippen molar-refractivity contribution in [2.75, 3.05) is 71.7 Å². The van der Waals surface area contributed by atoms with Crippen molar-refractivity contribution in [1.29, 1.82) is 0 Å². The number of halogens is 5. The third-order valence-electron chi connectivity index (χ3n) is 13.1. The number of carbonyl (C=O) groups excluding carboxylic acids is 6. The number of rotatable bonds is 11. The van der Waals surface area contributed by atoms with Crippen LogP contribution in [0, 0.1) is 0 Å². The van der Waals surface area contributed by atoms with Gasteiger partial charge in [0, 0.05) is 37.4 Å². The van der Waals surface area contributed by atoms with Crippen LogP contribution < -0.4 is 26.6 Å². The fourth-order valence-corrected chi connectivity index (χ4v) is 12.8. The highest BCUT2D eigenvalue weighted by atomic mass is 79.9. The summed E-state index contributed by atoms with van der Waals surface area (Å²) in [5, 5.41) is 11.0. The Kier molecular flexibility index (Phi) is 27.4. The first kappa shape index (κ1) is 76.6. The molecule has 4 aromatic heterocycles. The summed E-state index contributed by atoms with van der Waals surface area (Å²) in [4.78, 5) is 119. The van der Waals surface area contributed by atoms with Gasteiger partial charge < -0.3 is 56.1 Å². The molecular weight excluding hydrogens is 1630 g/mol. The first-order valence-corrected chi connectivity index (χ1v) is 34.4. The number of ketones is 1. The van der Waals surface area contributed by atoms with Gasteiger partial charge in [0.05, 0.1) is 131 Å². The minimum Gasteiger partial charge on any atom is -0.506 e. The second kappa shape index (κ2) is 34.0. The first-order valence-electron chi connectivity index (χ1n) is 27.3. The molecule has 10 rings (SSSR count). The van der Waals surface area contributed by atoms with Crippen molar-refractivity contribution in [3.8, 4) is 5.75 Å². The highest BCUT2D eigenvalue weighted by Gasteiger charge is 2.24. The number of methoxy groups -OCH3 is 5. The molecule has 95 heavy (non-hydrogen) atoms. The monoisotopic (exact) mass is 1680 g/mol. The molecule has 0 unspecified atom stereocenters. The number of carbonyl (C=O) groups is 6. The highest BCUT2D eigenvalue weighted by molar-refractivity contribution is 9.11. The lowest BCUT2D eigenvalue weighted by Crippen LogP contribution is -2.41. The molecule has 1 fully saturated rings. The largest absolute Gasteiger partial charge is 0.506 e. The normalized spacial score (nSPS) is 12.5. The molecule has 0 radical (unpaired) electrons. The van der Waals surface area contributed by atoms with Gasteiger partial charge in [-0.3, -0.25) is 24.0 Å². The molecule has 1 atom stereocenters. The number of nitrogens with zero attached hydrogens (tertiary/aromatic N) is 1. The number of thiol groups is 1. The van der Waals surface area contributed by atoms with Crippen molar-refractivity contribution in [1.82, 2.24) is 0 Å². The molecule has 5 aromatic carbocycles. The molecule has 0 saturated carbocycles. The quantitative estimate of drug-likeness (QED) is 0.0399. The number of ether oxygens (including phenoxy) is 6. The molecule has 32 heteroatoms. The number of aromatic hydroxyl groups is 1. The molecule has 1 N–H and O–H groups in total. The minimum absolute atomic E-state index is 0.0715. The smallest absolute Gasteiger partial charge is 0.337 e. The zero-order valence-electron chi connectivity index (χ0n) is 51.2. The van der Waals surface area contributed by atoms with Crippen LogP contribution >= 0.6 is 104 Å². The number of fused-ring (bicyclic) bond motifs is 4. The summed E-state index contributed by atoms with van der Waals surface area (Å²) in [5.41, 5.74) is 1.45. The predicted molar refractivity (Wildman–Crippen MR) is 372 cm³/mol. The number of esters is 5. The lowest BCUT2D eigenvalue weighted by molar-refractivity contribution is 0.0517. The Morgan fingerprint density at radius 2 is 0.926 bits per heavy atom. The first-order chi connectivity index (χ1) is 44.8. The van der Waals surface area contributed by atoms with Crippen LogP contribution in [0.3, 0.4) is 0 Å². The number of sulfone groups is 1. The van der Waals surface area contributed by atoms with Crippen molar-refractivity contribution in [3.63, 3.8) is 0 Å². The molecule has 1 saturated heterocycles. The molecule has 24 nitrogen and oxygen atoms in total. The van der Waals surface area contributed by atoms with Crippen molar-refractivity contribution >= 4 is 199 Å². The van der Waals surface area contributed by atoms with Crippen LogP contribution in [0.5, 0.6) is 5.75 Å². The van der Waals surface area contributed by atoms with Crippen LogP contribution in [-0.2, 0) is 38.3 Å². The Bertz CT molecular complexity index is 4870. The molecule has 0 aliphatic carbocycles. The van der Waals surface area contributed by atoms with Crippen LogP contribution in [0.4, 0.5) is 5.88 Å². The van der Waals surface area contributed by atoms with E-state index in [0.717, 1.165) is 11.8 Å². The summed E-state index contributed by atoms with van der Waals surface area (Å²) in [7, 11) is 2.70. The summed E-state index contributed by atoms with van der Waals surface area (Å²) in [6, 6.07) is 19.6. The van der Waals surface area contributed by atoms with Crippen molar-refractivity contribution < 1.29 is 88.4 Å². The lowest BCUT2D eigenvalue weighted by Gasteiger charge is -2.31. The highest BCUT2D eigenvalue weighted by Crippen LogP contribution is 2.33. The topological polar surface area (TPSA) is 336 Å². The summed E-state index contributed by atoms with van der Waals surface area (Å²) >= 11 is 21.6. The molecular formula is C63H54Br5NO23S3. The van der Waals surface area contributed by atoms with Crippen molar-refractivity contribution in [2.24, 2.45) is 0 Å². The Labute approximate surface area is 590 Å². The third kappa shape index (κ3) is 19.0. The maximum atomic E-state index is 12.4. The van der Waals surface area contributed by atoms with Crippen LogP contribution in [-0.4, -0.2) is 122 Å². The van der Waals surface area contributed by atoms with Gasteiger partial charge in [-0.05, 0) is 160 Å². The van der Waals surface area contributed by atoms with Crippen molar-refractivity contribution in [2.45, 2.75) is 49.1 Å².